The van der Waals surface area contributed by atoms with Gasteiger partial charge in [0.1, 0.15) is 22.7 Å². The molecule has 2 aromatic carbocycles. The lowest BCUT2D eigenvalue weighted by atomic mass is 10.1. The molecule has 0 aliphatic carbocycles. The first kappa shape index (κ1) is 14.4. The molecule has 0 spiro atoms. The van der Waals surface area contributed by atoms with Crippen LogP contribution in [0, 0.1) is 9.81 Å². The van der Waals surface area contributed by atoms with Crippen LogP contribution in [0.15, 0.2) is 56.0 Å². The molecule has 8 nitrogen and oxygen atoms in total. The monoisotopic (exact) mass is 312 g/mol. The highest BCUT2D eigenvalue weighted by atomic mass is 16.4. The van der Waals surface area contributed by atoms with Crippen LogP contribution in [0.25, 0.3) is 22.3 Å². The summed E-state index contributed by atoms with van der Waals surface area (Å²) in [5.41, 5.74) is -1.13. The number of hydrogen-bond donors (Lipinski definition) is 2. The number of hydrogen-bond acceptors (Lipinski definition) is 8. The fraction of sp³-hybridized carbons (Fsp3) is 0. The maximum Gasteiger partial charge on any atom is 0.237 e. The summed E-state index contributed by atoms with van der Waals surface area (Å²) in [7, 11) is 0. The number of phenols is 1. The van der Waals surface area contributed by atoms with Gasteiger partial charge in [-0.15, -0.1) is 9.81 Å². The third-order valence-corrected chi connectivity index (χ3v) is 3.27. The smallest absolute Gasteiger partial charge is 0.237 e. The Balaban J connectivity index is 2.40. The van der Waals surface area contributed by atoms with Crippen LogP contribution in [-0.4, -0.2) is 10.2 Å². The SMILES string of the molecule is O=Nc1cc(N=O)c2c(=O)c(O)c(-c3ccc(O)cc3)oc2c1. The second-order valence-electron chi connectivity index (χ2n) is 4.68. The maximum absolute atomic E-state index is 12.3. The minimum absolute atomic E-state index is 0.00346. The first-order chi connectivity index (χ1) is 11.0. The second kappa shape index (κ2) is 5.34. The molecule has 1 aromatic heterocycles. The van der Waals surface area contributed by atoms with Crippen molar-refractivity contribution in [2.24, 2.45) is 10.4 Å². The van der Waals surface area contributed by atoms with E-state index in [9.17, 15) is 24.8 Å². The first-order valence-electron chi connectivity index (χ1n) is 6.35. The van der Waals surface area contributed by atoms with Gasteiger partial charge in [-0.25, -0.2) is 0 Å². The molecule has 3 aromatic rings. The maximum atomic E-state index is 12.3. The molecule has 0 aliphatic rings. The van der Waals surface area contributed by atoms with E-state index < -0.39 is 11.2 Å². The molecule has 0 saturated heterocycles. The number of nitroso groups, excluding NO2 is 2. The predicted octanol–water partition coefficient (Wildman–Crippen LogP) is 3.67. The van der Waals surface area contributed by atoms with Gasteiger partial charge in [-0.2, -0.15) is 0 Å². The Labute approximate surface area is 127 Å². The minimum atomic E-state index is -0.860. The van der Waals surface area contributed by atoms with E-state index in [-0.39, 0.29) is 33.9 Å². The average Bonchev–Trinajstić information content (AvgIpc) is 2.57. The lowest BCUT2D eigenvalue weighted by Crippen LogP contribution is -2.03. The van der Waals surface area contributed by atoms with Gasteiger partial charge in [-0.3, -0.25) is 4.79 Å². The number of aromatic hydroxyl groups is 2. The topological polar surface area (TPSA) is 130 Å². The quantitative estimate of drug-likeness (QED) is 0.710. The van der Waals surface area contributed by atoms with Crippen molar-refractivity contribution in [3.63, 3.8) is 0 Å². The van der Waals surface area contributed by atoms with Crippen molar-refractivity contribution >= 4 is 22.3 Å². The normalized spacial score (nSPS) is 10.6. The first-order valence-corrected chi connectivity index (χ1v) is 6.35. The zero-order valence-corrected chi connectivity index (χ0v) is 11.4. The minimum Gasteiger partial charge on any atom is -0.508 e. The van der Waals surface area contributed by atoms with Gasteiger partial charge < -0.3 is 14.6 Å². The molecule has 23 heavy (non-hydrogen) atoms. The van der Waals surface area contributed by atoms with Crippen LogP contribution in [0.1, 0.15) is 0 Å². The fourth-order valence-electron chi connectivity index (χ4n) is 2.21. The zero-order chi connectivity index (χ0) is 16.6. The summed E-state index contributed by atoms with van der Waals surface area (Å²) in [5.74, 6) is -0.876. The highest BCUT2D eigenvalue weighted by Gasteiger charge is 2.19. The van der Waals surface area contributed by atoms with Gasteiger partial charge in [0.2, 0.25) is 11.2 Å². The summed E-state index contributed by atoms with van der Waals surface area (Å²) in [5, 5.41) is 24.5. The van der Waals surface area contributed by atoms with Crippen LogP contribution in [0.4, 0.5) is 11.4 Å². The van der Waals surface area contributed by atoms with Gasteiger partial charge in [0.25, 0.3) is 0 Å². The van der Waals surface area contributed by atoms with Crippen molar-refractivity contribution < 1.29 is 14.6 Å². The van der Waals surface area contributed by atoms with Gasteiger partial charge in [0.15, 0.2) is 5.76 Å². The Morgan fingerprint density at radius 2 is 1.65 bits per heavy atom. The molecule has 0 unspecified atom stereocenters. The lowest BCUT2D eigenvalue weighted by Gasteiger charge is -2.07. The summed E-state index contributed by atoms with van der Waals surface area (Å²) in [4.78, 5) is 33.8. The van der Waals surface area contributed by atoms with E-state index >= 15 is 0 Å². The van der Waals surface area contributed by atoms with Gasteiger partial charge in [0, 0.05) is 11.6 Å². The molecule has 0 aliphatic heterocycles. The third-order valence-electron chi connectivity index (χ3n) is 3.27. The summed E-state index contributed by atoms with van der Waals surface area (Å²) in [6.07, 6.45) is 0. The Hall–Kier alpha value is -3.55. The largest absolute Gasteiger partial charge is 0.508 e. The molecule has 0 bridgehead atoms. The Bertz CT molecular complexity index is 992. The van der Waals surface area contributed by atoms with Gasteiger partial charge in [-0.1, -0.05) is 0 Å². The molecular formula is C15H8N2O6. The Morgan fingerprint density at radius 3 is 2.26 bits per heavy atom. The molecule has 0 radical (unpaired) electrons. The van der Waals surface area contributed by atoms with E-state index in [1.54, 1.807) is 0 Å². The number of benzene rings is 2. The molecule has 114 valence electrons. The summed E-state index contributed by atoms with van der Waals surface area (Å²) < 4.78 is 5.45. The molecule has 2 N–H and O–H groups in total. The number of phenolic OH excluding ortho intramolecular Hbond substituents is 1. The van der Waals surface area contributed by atoms with Crippen molar-refractivity contribution in [3.05, 3.63) is 56.4 Å². The standard InChI is InChI=1S/C15H8N2O6/c18-9-3-1-7(2-4-9)15-14(20)13(19)12-10(17-22)5-8(16-21)6-11(12)23-15/h1-6,18,20H. The van der Waals surface area contributed by atoms with Gasteiger partial charge in [0.05, 0.1) is 5.39 Å². The van der Waals surface area contributed by atoms with E-state index in [0.29, 0.717) is 5.56 Å². The number of fused-ring (bicyclic) bond motifs is 1. The lowest BCUT2D eigenvalue weighted by molar-refractivity contribution is 0.449. The van der Waals surface area contributed by atoms with E-state index in [1.807, 2.05) is 0 Å². The Kier molecular flexibility index (Phi) is 3.34. The van der Waals surface area contributed by atoms with E-state index in [1.165, 1.54) is 30.3 Å². The molecule has 3 rings (SSSR count). The Morgan fingerprint density at radius 1 is 0.957 bits per heavy atom. The molecule has 0 amide bonds. The summed E-state index contributed by atoms with van der Waals surface area (Å²) in [6, 6.07) is 7.75. The van der Waals surface area contributed by atoms with E-state index in [0.717, 1.165) is 6.07 Å². The highest BCUT2D eigenvalue weighted by Crippen LogP contribution is 2.36. The highest BCUT2D eigenvalue weighted by molar-refractivity contribution is 5.93. The van der Waals surface area contributed by atoms with E-state index in [4.69, 9.17) is 4.42 Å². The molecule has 0 atom stereocenters. The molecule has 1 heterocycles. The molecular weight excluding hydrogens is 304 g/mol. The second-order valence-corrected chi connectivity index (χ2v) is 4.68. The van der Waals surface area contributed by atoms with Crippen LogP contribution in [0.3, 0.4) is 0 Å². The van der Waals surface area contributed by atoms with Crippen LogP contribution < -0.4 is 5.43 Å². The fourth-order valence-corrected chi connectivity index (χ4v) is 2.21. The van der Waals surface area contributed by atoms with Crippen LogP contribution in [-0.2, 0) is 0 Å². The van der Waals surface area contributed by atoms with Crippen molar-refractivity contribution in [1.29, 1.82) is 0 Å². The summed E-state index contributed by atoms with van der Waals surface area (Å²) >= 11 is 0. The molecule has 8 heteroatoms. The van der Waals surface area contributed by atoms with E-state index in [2.05, 4.69) is 10.4 Å². The van der Waals surface area contributed by atoms with Crippen molar-refractivity contribution in [1.82, 2.24) is 0 Å². The van der Waals surface area contributed by atoms with Gasteiger partial charge >= 0.3 is 0 Å². The van der Waals surface area contributed by atoms with Crippen LogP contribution >= 0.6 is 0 Å². The number of nitrogens with zero attached hydrogens (tertiary/aromatic N) is 2. The van der Waals surface area contributed by atoms with Crippen LogP contribution in [0.5, 0.6) is 11.5 Å². The van der Waals surface area contributed by atoms with Crippen LogP contribution in [0.2, 0.25) is 0 Å². The summed E-state index contributed by atoms with van der Waals surface area (Å²) in [6.45, 7) is 0. The zero-order valence-electron chi connectivity index (χ0n) is 11.4. The van der Waals surface area contributed by atoms with Crippen molar-refractivity contribution in [2.45, 2.75) is 0 Å². The predicted molar refractivity (Wildman–Crippen MR) is 82.2 cm³/mol. The van der Waals surface area contributed by atoms with Crippen molar-refractivity contribution in [2.75, 3.05) is 0 Å². The number of rotatable bonds is 3. The van der Waals surface area contributed by atoms with Gasteiger partial charge in [-0.05, 0) is 40.7 Å². The molecule has 0 fully saturated rings. The van der Waals surface area contributed by atoms with Crippen molar-refractivity contribution in [3.8, 4) is 22.8 Å². The molecule has 0 saturated carbocycles. The third kappa shape index (κ3) is 2.31. The average molecular weight is 312 g/mol.